The molecule has 0 aliphatic heterocycles. The number of carbonyl (C=O) groups excluding carboxylic acids is 1. The van der Waals surface area contributed by atoms with E-state index in [1.54, 1.807) is 0 Å². The van der Waals surface area contributed by atoms with Gasteiger partial charge in [-0.25, -0.2) is 0 Å². The number of esters is 1. The van der Waals surface area contributed by atoms with Gasteiger partial charge in [-0.2, -0.15) is 0 Å². The van der Waals surface area contributed by atoms with E-state index in [0.29, 0.717) is 6.04 Å². The topological polar surface area (TPSA) is 38.3 Å². The molecule has 0 spiro atoms. The van der Waals surface area contributed by atoms with E-state index >= 15 is 0 Å². The second-order valence-corrected chi connectivity index (χ2v) is 4.96. The van der Waals surface area contributed by atoms with E-state index in [1.807, 2.05) is 6.92 Å². The maximum Gasteiger partial charge on any atom is 0.322 e. The number of nitrogens with one attached hydrogen (secondary N) is 1. The Morgan fingerprint density at radius 2 is 2.12 bits per heavy atom. The minimum absolute atomic E-state index is 0.122. The summed E-state index contributed by atoms with van der Waals surface area (Å²) in [5, 5.41) is 3.44. The number of methoxy groups -OCH3 is 1. The molecule has 3 unspecified atom stereocenters. The third-order valence-electron chi connectivity index (χ3n) is 3.59. The summed E-state index contributed by atoms with van der Waals surface area (Å²) in [6.45, 7) is 4.34. The fourth-order valence-electron chi connectivity index (χ4n) is 2.43. The Balaban J connectivity index is 2.41. The maximum atomic E-state index is 11.5. The number of ether oxygens (including phenoxy) is 1. The van der Waals surface area contributed by atoms with Crippen LogP contribution < -0.4 is 5.32 Å². The first kappa shape index (κ1) is 13.5. The summed E-state index contributed by atoms with van der Waals surface area (Å²) in [6.07, 6.45) is 7.06. The van der Waals surface area contributed by atoms with Gasteiger partial charge in [0.05, 0.1) is 7.11 Å². The van der Waals surface area contributed by atoms with Crippen molar-refractivity contribution in [2.75, 3.05) is 7.11 Å². The van der Waals surface area contributed by atoms with Crippen molar-refractivity contribution in [3.05, 3.63) is 0 Å². The smallest absolute Gasteiger partial charge is 0.322 e. The van der Waals surface area contributed by atoms with Crippen molar-refractivity contribution < 1.29 is 9.53 Å². The highest BCUT2D eigenvalue weighted by atomic mass is 16.5. The van der Waals surface area contributed by atoms with Crippen molar-refractivity contribution in [2.24, 2.45) is 5.92 Å². The molecular weight excluding hydrogens is 202 g/mol. The van der Waals surface area contributed by atoms with Crippen LogP contribution in [-0.2, 0) is 9.53 Å². The molecule has 1 aliphatic rings. The van der Waals surface area contributed by atoms with Crippen LogP contribution in [0.4, 0.5) is 0 Å². The molecule has 3 nitrogen and oxygen atoms in total. The molecule has 94 valence electrons. The first-order valence-electron chi connectivity index (χ1n) is 6.51. The SMILES string of the molecule is CCC(NC1CCCC(C)CC1)C(=O)OC. The molecule has 1 fully saturated rings. The first-order chi connectivity index (χ1) is 7.67. The van der Waals surface area contributed by atoms with Gasteiger partial charge >= 0.3 is 5.97 Å². The standard InChI is InChI=1S/C13H25NO2/c1-4-12(13(15)16-3)14-11-7-5-6-10(2)8-9-11/h10-12,14H,4-9H2,1-3H3. The summed E-state index contributed by atoms with van der Waals surface area (Å²) < 4.78 is 4.80. The minimum Gasteiger partial charge on any atom is -0.468 e. The van der Waals surface area contributed by atoms with Crippen molar-refractivity contribution in [1.29, 1.82) is 0 Å². The molecule has 0 heterocycles. The van der Waals surface area contributed by atoms with Crippen LogP contribution in [0, 0.1) is 5.92 Å². The largest absolute Gasteiger partial charge is 0.468 e. The van der Waals surface area contributed by atoms with Crippen molar-refractivity contribution >= 4 is 5.97 Å². The van der Waals surface area contributed by atoms with E-state index in [4.69, 9.17) is 4.74 Å². The molecule has 3 heteroatoms. The number of hydrogen-bond donors (Lipinski definition) is 1. The Hall–Kier alpha value is -0.570. The summed E-state index contributed by atoms with van der Waals surface area (Å²) in [5.74, 6) is 0.713. The van der Waals surface area contributed by atoms with Crippen LogP contribution in [0.15, 0.2) is 0 Å². The van der Waals surface area contributed by atoms with Gasteiger partial charge in [-0.05, 0) is 31.6 Å². The van der Waals surface area contributed by atoms with Crippen LogP contribution in [0.1, 0.15) is 52.4 Å². The maximum absolute atomic E-state index is 11.5. The average Bonchev–Trinajstić information content (AvgIpc) is 2.50. The number of rotatable bonds is 4. The van der Waals surface area contributed by atoms with Gasteiger partial charge < -0.3 is 10.1 Å². The van der Waals surface area contributed by atoms with Crippen LogP contribution in [0.25, 0.3) is 0 Å². The molecule has 1 saturated carbocycles. The molecule has 0 amide bonds. The van der Waals surface area contributed by atoms with E-state index < -0.39 is 0 Å². The van der Waals surface area contributed by atoms with Crippen LogP contribution in [0.3, 0.4) is 0 Å². The predicted molar refractivity (Wildman–Crippen MR) is 65.3 cm³/mol. The second kappa shape index (κ2) is 6.89. The Kier molecular flexibility index (Phi) is 5.81. The van der Waals surface area contributed by atoms with Crippen LogP contribution >= 0.6 is 0 Å². The van der Waals surface area contributed by atoms with E-state index in [2.05, 4.69) is 12.2 Å². The summed E-state index contributed by atoms with van der Waals surface area (Å²) in [6, 6.07) is 0.373. The Bertz CT molecular complexity index is 218. The molecule has 3 atom stereocenters. The lowest BCUT2D eigenvalue weighted by atomic mass is 10.0. The van der Waals surface area contributed by atoms with Gasteiger partial charge in [0.15, 0.2) is 0 Å². The van der Waals surface area contributed by atoms with E-state index in [9.17, 15) is 4.79 Å². The molecule has 16 heavy (non-hydrogen) atoms. The van der Waals surface area contributed by atoms with E-state index in [-0.39, 0.29) is 12.0 Å². The van der Waals surface area contributed by atoms with E-state index in [0.717, 1.165) is 12.3 Å². The predicted octanol–water partition coefficient (Wildman–Crippen LogP) is 2.50. The molecule has 1 N–H and O–H groups in total. The molecule has 0 aromatic heterocycles. The van der Waals surface area contributed by atoms with Crippen LogP contribution in [0.5, 0.6) is 0 Å². The highest BCUT2D eigenvalue weighted by Crippen LogP contribution is 2.23. The third kappa shape index (κ3) is 4.12. The van der Waals surface area contributed by atoms with Gasteiger partial charge in [0.25, 0.3) is 0 Å². The zero-order chi connectivity index (χ0) is 12.0. The normalized spacial score (nSPS) is 28.2. The highest BCUT2D eigenvalue weighted by Gasteiger charge is 2.22. The Morgan fingerprint density at radius 1 is 1.38 bits per heavy atom. The van der Waals surface area contributed by atoms with Crippen molar-refractivity contribution in [3.8, 4) is 0 Å². The first-order valence-corrected chi connectivity index (χ1v) is 6.51. The summed E-state index contributed by atoms with van der Waals surface area (Å²) in [4.78, 5) is 11.5. The average molecular weight is 227 g/mol. The van der Waals surface area contributed by atoms with Crippen LogP contribution in [0.2, 0.25) is 0 Å². The second-order valence-electron chi connectivity index (χ2n) is 4.96. The van der Waals surface area contributed by atoms with Crippen molar-refractivity contribution in [1.82, 2.24) is 5.32 Å². The lowest BCUT2D eigenvalue weighted by Crippen LogP contribution is -2.43. The molecule has 0 radical (unpaired) electrons. The molecule has 1 aliphatic carbocycles. The fraction of sp³-hybridized carbons (Fsp3) is 0.923. The van der Waals surface area contributed by atoms with Gasteiger partial charge in [-0.3, -0.25) is 4.79 Å². The lowest BCUT2D eigenvalue weighted by molar-refractivity contribution is -0.143. The van der Waals surface area contributed by atoms with E-state index in [1.165, 1.54) is 39.2 Å². The summed E-state index contributed by atoms with van der Waals surface area (Å²) in [5.41, 5.74) is 0. The monoisotopic (exact) mass is 227 g/mol. The van der Waals surface area contributed by atoms with Gasteiger partial charge in [0.2, 0.25) is 0 Å². The molecule has 0 saturated heterocycles. The fourth-order valence-corrected chi connectivity index (χ4v) is 2.43. The number of carbonyl (C=O) groups is 1. The van der Waals surface area contributed by atoms with Gasteiger partial charge in [-0.1, -0.05) is 26.7 Å². The Labute approximate surface area is 98.9 Å². The molecule has 0 aromatic carbocycles. The Morgan fingerprint density at radius 3 is 2.75 bits per heavy atom. The minimum atomic E-state index is -0.125. The summed E-state index contributed by atoms with van der Waals surface area (Å²) in [7, 11) is 1.46. The molecule has 0 aromatic rings. The highest BCUT2D eigenvalue weighted by molar-refractivity contribution is 5.75. The van der Waals surface area contributed by atoms with Crippen molar-refractivity contribution in [3.63, 3.8) is 0 Å². The van der Waals surface area contributed by atoms with Gasteiger partial charge in [0.1, 0.15) is 6.04 Å². The van der Waals surface area contributed by atoms with Gasteiger partial charge in [0, 0.05) is 6.04 Å². The molecule has 1 rings (SSSR count). The third-order valence-corrected chi connectivity index (χ3v) is 3.59. The van der Waals surface area contributed by atoms with Crippen molar-refractivity contribution in [2.45, 2.75) is 64.5 Å². The number of hydrogen-bond acceptors (Lipinski definition) is 3. The lowest BCUT2D eigenvalue weighted by Gasteiger charge is -2.22. The van der Waals surface area contributed by atoms with Crippen LogP contribution in [-0.4, -0.2) is 25.2 Å². The zero-order valence-corrected chi connectivity index (χ0v) is 10.8. The zero-order valence-electron chi connectivity index (χ0n) is 10.8. The molecular formula is C13H25NO2. The summed E-state index contributed by atoms with van der Waals surface area (Å²) >= 11 is 0. The van der Waals surface area contributed by atoms with Gasteiger partial charge in [-0.15, -0.1) is 0 Å². The molecule has 0 bridgehead atoms. The quantitative estimate of drug-likeness (QED) is 0.592.